The molecule has 0 N–H and O–H groups in total. The van der Waals surface area contributed by atoms with Crippen molar-refractivity contribution in [2.45, 2.75) is 45.7 Å². The first-order valence-corrected chi connectivity index (χ1v) is 15.4. The number of carbonyl (C=O) groups excluding carboxylic acids is 1. The molecule has 220 valence electrons. The van der Waals surface area contributed by atoms with Gasteiger partial charge in [0.05, 0.1) is 30.6 Å². The van der Waals surface area contributed by atoms with E-state index in [2.05, 4.69) is 87.7 Å². The molecule has 0 bridgehead atoms. The summed E-state index contributed by atoms with van der Waals surface area (Å²) in [4.78, 5) is 25.8. The molecule has 1 aromatic heterocycles. The van der Waals surface area contributed by atoms with Crippen LogP contribution in [0.1, 0.15) is 49.6 Å². The van der Waals surface area contributed by atoms with Gasteiger partial charge in [-0.15, -0.1) is 0 Å². The van der Waals surface area contributed by atoms with E-state index < -0.39 is 0 Å². The monoisotopic (exact) mass is 565 g/mol. The fourth-order valence-electron chi connectivity index (χ4n) is 6.63. The molecule has 0 unspecified atom stereocenters. The van der Waals surface area contributed by atoms with Crippen LogP contribution in [0, 0.1) is 5.92 Å². The van der Waals surface area contributed by atoms with E-state index in [-0.39, 0.29) is 5.92 Å². The molecular weight excluding hydrogens is 522 g/mol. The number of ether oxygens (including phenoxy) is 1. The average molecular weight is 566 g/mol. The van der Waals surface area contributed by atoms with Crippen LogP contribution in [0.4, 0.5) is 5.69 Å². The van der Waals surface area contributed by atoms with Crippen molar-refractivity contribution in [3.63, 3.8) is 0 Å². The van der Waals surface area contributed by atoms with Crippen molar-refractivity contribution in [3.8, 4) is 5.75 Å². The molecule has 7 heteroatoms. The van der Waals surface area contributed by atoms with E-state index >= 15 is 0 Å². The summed E-state index contributed by atoms with van der Waals surface area (Å²) in [6, 6.07) is 25.3. The summed E-state index contributed by atoms with van der Waals surface area (Å²) in [6.07, 6.45) is 2.00. The second-order valence-electron chi connectivity index (χ2n) is 12.1. The van der Waals surface area contributed by atoms with Crippen LogP contribution in [-0.2, 0) is 17.9 Å². The SMILES string of the molecule is COc1ccc(Cn2c(CN3CCC[C@H](C(=O)N4CCN(c5ccccc5C(C)C)CC4)C3)nc3ccccc32)cc1. The maximum atomic E-state index is 13.7. The minimum atomic E-state index is 0.0488. The van der Waals surface area contributed by atoms with Gasteiger partial charge in [0, 0.05) is 45.0 Å². The quantitative estimate of drug-likeness (QED) is 0.271. The number of para-hydroxylation sites is 3. The number of amides is 1. The number of anilines is 1. The van der Waals surface area contributed by atoms with E-state index in [0.29, 0.717) is 11.8 Å². The lowest BCUT2D eigenvalue weighted by Gasteiger charge is -2.40. The van der Waals surface area contributed by atoms with Crippen molar-refractivity contribution in [1.82, 2.24) is 19.4 Å². The molecule has 3 heterocycles. The van der Waals surface area contributed by atoms with Crippen LogP contribution in [0.5, 0.6) is 5.75 Å². The summed E-state index contributed by atoms with van der Waals surface area (Å²) in [5.41, 5.74) is 6.08. The van der Waals surface area contributed by atoms with Gasteiger partial charge >= 0.3 is 0 Å². The number of hydrogen-bond acceptors (Lipinski definition) is 5. The molecule has 2 aliphatic heterocycles. The normalized spacial score (nSPS) is 18.1. The zero-order valence-corrected chi connectivity index (χ0v) is 25.2. The third-order valence-electron chi connectivity index (χ3n) is 8.94. The van der Waals surface area contributed by atoms with Crippen LogP contribution < -0.4 is 9.64 Å². The second kappa shape index (κ2) is 12.6. The maximum Gasteiger partial charge on any atom is 0.227 e. The Bertz CT molecular complexity index is 1500. The molecule has 42 heavy (non-hydrogen) atoms. The molecule has 7 nitrogen and oxygen atoms in total. The number of aromatic nitrogens is 2. The fraction of sp³-hybridized carbons (Fsp3) is 0.429. The topological polar surface area (TPSA) is 53.8 Å². The first-order valence-electron chi connectivity index (χ1n) is 15.4. The molecule has 4 aromatic rings. The minimum absolute atomic E-state index is 0.0488. The Labute approximate surface area is 249 Å². The van der Waals surface area contributed by atoms with Crippen LogP contribution in [-0.4, -0.2) is 71.6 Å². The summed E-state index contributed by atoms with van der Waals surface area (Å²) in [7, 11) is 1.69. The van der Waals surface area contributed by atoms with E-state index in [0.717, 1.165) is 87.8 Å². The lowest BCUT2D eigenvalue weighted by Crippen LogP contribution is -2.52. The predicted octanol–water partition coefficient (Wildman–Crippen LogP) is 5.78. The highest BCUT2D eigenvalue weighted by atomic mass is 16.5. The van der Waals surface area contributed by atoms with E-state index in [1.54, 1.807) is 7.11 Å². The number of fused-ring (bicyclic) bond motifs is 1. The van der Waals surface area contributed by atoms with Gasteiger partial charge in [-0.25, -0.2) is 4.98 Å². The van der Waals surface area contributed by atoms with Crippen molar-refractivity contribution in [2.24, 2.45) is 5.92 Å². The largest absolute Gasteiger partial charge is 0.497 e. The second-order valence-corrected chi connectivity index (χ2v) is 12.1. The van der Waals surface area contributed by atoms with E-state index in [9.17, 15) is 4.79 Å². The number of methoxy groups -OCH3 is 1. The van der Waals surface area contributed by atoms with Crippen LogP contribution in [0.2, 0.25) is 0 Å². The molecule has 0 spiro atoms. The summed E-state index contributed by atoms with van der Waals surface area (Å²) in [5, 5.41) is 0. The van der Waals surface area contributed by atoms with Crippen LogP contribution in [0.15, 0.2) is 72.8 Å². The van der Waals surface area contributed by atoms with E-state index in [1.807, 2.05) is 18.2 Å². The maximum absolute atomic E-state index is 13.7. The van der Waals surface area contributed by atoms with Crippen molar-refractivity contribution in [3.05, 3.63) is 89.7 Å². The molecule has 1 amide bonds. The zero-order chi connectivity index (χ0) is 29.1. The molecule has 0 radical (unpaired) electrons. The third kappa shape index (κ3) is 6.02. The lowest BCUT2D eigenvalue weighted by molar-refractivity contribution is -0.137. The number of carbonyl (C=O) groups is 1. The Hall–Kier alpha value is -3.84. The van der Waals surface area contributed by atoms with Gasteiger partial charge in [-0.05, 0) is 66.8 Å². The van der Waals surface area contributed by atoms with E-state index in [1.165, 1.54) is 16.8 Å². The number of likely N-dealkylation sites (tertiary alicyclic amines) is 1. The predicted molar refractivity (Wildman–Crippen MR) is 169 cm³/mol. The average Bonchev–Trinajstić information content (AvgIpc) is 3.37. The molecule has 0 saturated carbocycles. The number of imidazole rings is 1. The number of hydrogen-bond donors (Lipinski definition) is 0. The van der Waals surface area contributed by atoms with Gasteiger partial charge in [0.2, 0.25) is 5.91 Å². The van der Waals surface area contributed by atoms with Gasteiger partial charge in [-0.3, -0.25) is 9.69 Å². The Balaban J connectivity index is 1.11. The molecule has 2 fully saturated rings. The number of piperidine rings is 1. The smallest absolute Gasteiger partial charge is 0.227 e. The Morgan fingerprint density at radius 2 is 1.64 bits per heavy atom. The molecule has 3 aromatic carbocycles. The fourth-order valence-corrected chi connectivity index (χ4v) is 6.63. The summed E-state index contributed by atoms with van der Waals surface area (Å²) >= 11 is 0. The van der Waals surface area contributed by atoms with Crippen LogP contribution in [0.3, 0.4) is 0 Å². The molecule has 2 aliphatic rings. The zero-order valence-electron chi connectivity index (χ0n) is 25.2. The highest BCUT2D eigenvalue weighted by Gasteiger charge is 2.32. The molecule has 0 aliphatic carbocycles. The van der Waals surface area contributed by atoms with Crippen molar-refractivity contribution in [1.29, 1.82) is 0 Å². The summed E-state index contributed by atoms with van der Waals surface area (Å²) in [5.74, 6) is 2.77. The summed E-state index contributed by atoms with van der Waals surface area (Å²) in [6.45, 7) is 11.1. The molecule has 2 saturated heterocycles. The van der Waals surface area contributed by atoms with Crippen molar-refractivity contribution in [2.75, 3.05) is 51.3 Å². The minimum Gasteiger partial charge on any atom is -0.497 e. The highest BCUT2D eigenvalue weighted by Crippen LogP contribution is 2.29. The van der Waals surface area contributed by atoms with Crippen molar-refractivity contribution < 1.29 is 9.53 Å². The first-order chi connectivity index (χ1) is 20.5. The molecular formula is C35H43N5O2. The van der Waals surface area contributed by atoms with Gasteiger partial charge in [0.15, 0.2) is 0 Å². The standard InChI is InChI=1S/C35H43N5O2/c1-26(2)30-10-4-6-12-32(30)38-19-21-39(22-20-38)35(41)28-9-8-18-37(24-28)25-34-36-31-11-5-7-13-33(31)40(34)23-27-14-16-29(42-3)17-15-27/h4-7,10-17,26,28H,8-9,18-25H2,1-3H3/t28-/m0/s1. The van der Waals surface area contributed by atoms with Gasteiger partial charge in [-0.2, -0.15) is 0 Å². The molecule has 1 atom stereocenters. The Kier molecular flexibility index (Phi) is 8.47. The van der Waals surface area contributed by atoms with Gasteiger partial charge < -0.3 is 19.1 Å². The third-order valence-corrected chi connectivity index (χ3v) is 8.94. The van der Waals surface area contributed by atoms with Gasteiger partial charge in [-0.1, -0.05) is 56.3 Å². The van der Waals surface area contributed by atoms with E-state index in [4.69, 9.17) is 9.72 Å². The number of benzene rings is 3. The first kappa shape index (κ1) is 28.3. The van der Waals surface area contributed by atoms with Crippen molar-refractivity contribution >= 4 is 22.6 Å². The number of piperazine rings is 1. The van der Waals surface area contributed by atoms with Gasteiger partial charge in [0.25, 0.3) is 0 Å². The highest BCUT2D eigenvalue weighted by molar-refractivity contribution is 5.79. The summed E-state index contributed by atoms with van der Waals surface area (Å²) < 4.78 is 7.68. The van der Waals surface area contributed by atoms with Crippen LogP contribution >= 0.6 is 0 Å². The van der Waals surface area contributed by atoms with Crippen LogP contribution in [0.25, 0.3) is 11.0 Å². The Morgan fingerprint density at radius 1 is 0.905 bits per heavy atom. The van der Waals surface area contributed by atoms with Gasteiger partial charge in [0.1, 0.15) is 11.6 Å². The Morgan fingerprint density at radius 3 is 2.40 bits per heavy atom. The molecule has 6 rings (SSSR count). The number of nitrogens with zero attached hydrogens (tertiary/aromatic N) is 5. The lowest BCUT2D eigenvalue weighted by atomic mass is 9.96. The number of rotatable bonds is 8.